The van der Waals surface area contributed by atoms with Crippen molar-refractivity contribution in [2.24, 2.45) is 0 Å². The first-order valence-corrected chi connectivity index (χ1v) is 8.58. The lowest BCUT2D eigenvalue weighted by Crippen LogP contribution is -2.38. The molecule has 0 heterocycles. The standard InChI is InChI=1S/C20H22N2O6/c1-13(20(25)26)21-18(23)14-7-9-15(10-8-14)22-19(24)16-5-3-4-6-17(16)28-12-11-27-2/h3-10,13H,11-12H2,1-2H3,(H,21,23)(H,22,24)(H,25,26). The number of methoxy groups -OCH3 is 1. The Kier molecular flexibility index (Phi) is 7.53. The molecule has 3 N–H and O–H groups in total. The SMILES string of the molecule is COCCOc1ccccc1C(=O)Nc1ccc(C(=O)NC(C)C(=O)O)cc1. The molecule has 8 nitrogen and oxygen atoms in total. The van der Waals surface area contributed by atoms with Gasteiger partial charge in [-0.25, -0.2) is 0 Å². The van der Waals surface area contributed by atoms with Gasteiger partial charge in [0.15, 0.2) is 0 Å². The van der Waals surface area contributed by atoms with Crippen LogP contribution in [0.15, 0.2) is 48.5 Å². The molecule has 0 radical (unpaired) electrons. The Morgan fingerprint density at radius 2 is 1.68 bits per heavy atom. The van der Waals surface area contributed by atoms with Crippen molar-refractivity contribution < 1.29 is 29.0 Å². The zero-order valence-corrected chi connectivity index (χ0v) is 15.6. The van der Waals surface area contributed by atoms with E-state index in [9.17, 15) is 14.4 Å². The number of aliphatic carboxylic acids is 1. The molecule has 0 spiro atoms. The Balaban J connectivity index is 2.03. The first-order valence-electron chi connectivity index (χ1n) is 8.58. The smallest absolute Gasteiger partial charge is 0.325 e. The zero-order valence-electron chi connectivity index (χ0n) is 15.6. The van der Waals surface area contributed by atoms with Gasteiger partial charge in [-0.1, -0.05) is 12.1 Å². The van der Waals surface area contributed by atoms with Gasteiger partial charge in [0.25, 0.3) is 11.8 Å². The van der Waals surface area contributed by atoms with Gasteiger partial charge in [-0.2, -0.15) is 0 Å². The van der Waals surface area contributed by atoms with E-state index >= 15 is 0 Å². The second-order valence-corrected chi connectivity index (χ2v) is 5.90. The summed E-state index contributed by atoms with van der Waals surface area (Å²) < 4.78 is 10.5. The average molecular weight is 386 g/mol. The van der Waals surface area contributed by atoms with E-state index in [1.807, 2.05) is 0 Å². The van der Waals surface area contributed by atoms with Gasteiger partial charge in [-0.3, -0.25) is 14.4 Å². The Bertz CT molecular complexity index is 835. The lowest BCUT2D eigenvalue weighted by atomic mass is 10.1. The molecule has 148 valence electrons. The summed E-state index contributed by atoms with van der Waals surface area (Å²) in [7, 11) is 1.56. The highest BCUT2D eigenvalue weighted by Crippen LogP contribution is 2.20. The Hall–Kier alpha value is -3.39. The van der Waals surface area contributed by atoms with Gasteiger partial charge in [0.05, 0.1) is 12.2 Å². The van der Waals surface area contributed by atoms with E-state index in [0.29, 0.717) is 30.2 Å². The number of benzene rings is 2. The third kappa shape index (κ3) is 5.82. The summed E-state index contributed by atoms with van der Waals surface area (Å²) in [6, 6.07) is 12.0. The van der Waals surface area contributed by atoms with Crippen molar-refractivity contribution in [3.05, 3.63) is 59.7 Å². The lowest BCUT2D eigenvalue weighted by Gasteiger charge is -2.12. The maximum atomic E-state index is 12.5. The molecule has 0 saturated carbocycles. The maximum Gasteiger partial charge on any atom is 0.325 e. The average Bonchev–Trinajstić information content (AvgIpc) is 2.69. The Labute approximate surface area is 162 Å². The molecule has 2 aromatic carbocycles. The van der Waals surface area contributed by atoms with Crippen molar-refractivity contribution in [3.8, 4) is 5.75 Å². The second kappa shape index (κ2) is 10.1. The highest BCUT2D eigenvalue weighted by Gasteiger charge is 2.16. The van der Waals surface area contributed by atoms with Crippen LogP contribution in [0.1, 0.15) is 27.6 Å². The number of rotatable bonds is 9. The number of carbonyl (C=O) groups is 3. The van der Waals surface area contributed by atoms with Crippen LogP contribution in [0, 0.1) is 0 Å². The quantitative estimate of drug-likeness (QED) is 0.569. The molecule has 0 fully saturated rings. The van der Waals surface area contributed by atoms with Crippen molar-refractivity contribution in [2.75, 3.05) is 25.6 Å². The first-order chi connectivity index (χ1) is 13.4. The van der Waals surface area contributed by atoms with E-state index in [4.69, 9.17) is 14.6 Å². The first kappa shape index (κ1) is 20.9. The summed E-state index contributed by atoms with van der Waals surface area (Å²) in [5, 5.41) is 13.9. The predicted octanol–water partition coefficient (Wildman–Crippen LogP) is 2.17. The van der Waals surface area contributed by atoms with E-state index in [-0.39, 0.29) is 11.5 Å². The van der Waals surface area contributed by atoms with E-state index < -0.39 is 17.9 Å². The van der Waals surface area contributed by atoms with E-state index in [2.05, 4.69) is 10.6 Å². The molecular formula is C20H22N2O6. The number of carbonyl (C=O) groups excluding carboxylic acids is 2. The number of carboxylic acid groups (broad SMARTS) is 1. The van der Waals surface area contributed by atoms with E-state index in [1.54, 1.807) is 43.5 Å². The fourth-order valence-corrected chi connectivity index (χ4v) is 2.26. The van der Waals surface area contributed by atoms with Crippen molar-refractivity contribution in [2.45, 2.75) is 13.0 Å². The fraction of sp³-hybridized carbons (Fsp3) is 0.250. The van der Waals surface area contributed by atoms with Crippen LogP contribution in [-0.2, 0) is 9.53 Å². The Morgan fingerprint density at radius 1 is 1.00 bits per heavy atom. The van der Waals surface area contributed by atoms with Gasteiger partial charge >= 0.3 is 5.97 Å². The second-order valence-electron chi connectivity index (χ2n) is 5.90. The van der Waals surface area contributed by atoms with Crippen LogP contribution in [0.2, 0.25) is 0 Å². The number of para-hydroxylation sites is 1. The molecule has 0 bridgehead atoms. The molecule has 0 aromatic heterocycles. The van der Waals surface area contributed by atoms with Crippen molar-refractivity contribution >= 4 is 23.5 Å². The van der Waals surface area contributed by atoms with Gasteiger partial charge in [-0.05, 0) is 43.3 Å². The third-order valence-corrected chi connectivity index (χ3v) is 3.80. The third-order valence-electron chi connectivity index (χ3n) is 3.80. The van der Waals surface area contributed by atoms with E-state index in [1.165, 1.54) is 19.1 Å². The molecule has 1 atom stereocenters. The molecule has 1 unspecified atom stereocenters. The molecule has 2 amide bonds. The Morgan fingerprint density at radius 3 is 2.32 bits per heavy atom. The molecule has 0 aliphatic rings. The molecule has 28 heavy (non-hydrogen) atoms. The number of hydrogen-bond donors (Lipinski definition) is 3. The number of anilines is 1. The molecular weight excluding hydrogens is 364 g/mol. The monoisotopic (exact) mass is 386 g/mol. The number of amides is 2. The molecule has 2 aromatic rings. The molecule has 2 rings (SSSR count). The van der Waals surface area contributed by atoms with Crippen LogP contribution in [0.3, 0.4) is 0 Å². The van der Waals surface area contributed by atoms with Gasteiger partial charge in [-0.15, -0.1) is 0 Å². The molecule has 0 aliphatic heterocycles. The highest BCUT2D eigenvalue weighted by molar-refractivity contribution is 6.06. The zero-order chi connectivity index (χ0) is 20.5. The van der Waals surface area contributed by atoms with Crippen molar-refractivity contribution in [1.82, 2.24) is 5.32 Å². The van der Waals surface area contributed by atoms with Crippen LogP contribution in [0.25, 0.3) is 0 Å². The minimum Gasteiger partial charge on any atom is -0.490 e. The summed E-state index contributed by atoms with van der Waals surface area (Å²) in [6.45, 7) is 2.10. The normalized spacial score (nSPS) is 11.4. The summed E-state index contributed by atoms with van der Waals surface area (Å²) in [5.74, 6) is -1.55. The molecule has 0 saturated heterocycles. The van der Waals surface area contributed by atoms with Crippen molar-refractivity contribution in [1.29, 1.82) is 0 Å². The van der Waals surface area contributed by atoms with Gasteiger partial charge in [0, 0.05) is 18.4 Å². The number of carboxylic acids is 1. The topological polar surface area (TPSA) is 114 Å². The summed E-state index contributed by atoms with van der Waals surface area (Å²) in [5.41, 5.74) is 1.14. The number of ether oxygens (including phenoxy) is 2. The molecule has 8 heteroatoms. The van der Waals surface area contributed by atoms with E-state index in [0.717, 1.165) is 0 Å². The van der Waals surface area contributed by atoms with Gasteiger partial charge < -0.3 is 25.2 Å². The van der Waals surface area contributed by atoms with Crippen LogP contribution >= 0.6 is 0 Å². The molecule has 0 aliphatic carbocycles. The maximum absolute atomic E-state index is 12.5. The van der Waals surface area contributed by atoms with Crippen LogP contribution in [-0.4, -0.2) is 49.3 Å². The minimum atomic E-state index is -1.12. The largest absolute Gasteiger partial charge is 0.490 e. The lowest BCUT2D eigenvalue weighted by molar-refractivity contribution is -0.138. The van der Waals surface area contributed by atoms with Crippen molar-refractivity contribution in [3.63, 3.8) is 0 Å². The van der Waals surface area contributed by atoms with Crippen LogP contribution < -0.4 is 15.4 Å². The van der Waals surface area contributed by atoms with Gasteiger partial charge in [0.2, 0.25) is 0 Å². The summed E-state index contributed by atoms with van der Waals surface area (Å²) in [4.78, 5) is 35.3. The van der Waals surface area contributed by atoms with Crippen LogP contribution in [0.5, 0.6) is 5.75 Å². The number of hydrogen-bond acceptors (Lipinski definition) is 5. The summed E-state index contributed by atoms with van der Waals surface area (Å²) in [6.07, 6.45) is 0. The minimum absolute atomic E-state index is 0.286. The summed E-state index contributed by atoms with van der Waals surface area (Å²) >= 11 is 0. The van der Waals surface area contributed by atoms with Gasteiger partial charge in [0.1, 0.15) is 18.4 Å². The highest BCUT2D eigenvalue weighted by atomic mass is 16.5. The van der Waals surface area contributed by atoms with Crippen LogP contribution in [0.4, 0.5) is 5.69 Å². The predicted molar refractivity (Wildman–Crippen MR) is 103 cm³/mol. The fourth-order valence-electron chi connectivity index (χ4n) is 2.26. The number of nitrogens with one attached hydrogen (secondary N) is 2.